The zero-order valence-corrected chi connectivity index (χ0v) is 11.8. The number of nitrogens with zero attached hydrogens (tertiary/aromatic N) is 1. The van der Waals surface area contributed by atoms with Crippen LogP contribution >= 0.6 is 0 Å². The molecule has 98 valence electrons. The molecule has 2 heteroatoms. The molecule has 0 N–H and O–H groups in total. The van der Waals surface area contributed by atoms with Gasteiger partial charge in [-0.05, 0) is 25.2 Å². The topological polar surface area (TPSA) is 20.3 Å². The number of allylic oxidation sites excluding steroid dienone is 3. The van der Waals surface area contributed by atoms with Gasteiger partial charge >= 0.3 is 0 Å². The van der Waals surface area contributed by atoms with Gasteiger partial charge in [-0.2, -0.15) is 0 Å². The minimum absolute atomic E-state index is 0.161. The zero-order valence-electron chi connectivity index (χ0n) is 11.8. The lowest BCUT2D eigenvalue weighted by atomic mass is 10.2. The standard InChI is InChI=1S/C15H27NO/c1-5-6-7-8-9-10-11-12-16(15(4)17)13-14(2)3/h6-7,10-11,14H,5,8-9,12-13H2,1-4H3. The predicted molar refractivity (Wildman–Crippen MR) is 74.9 cm³/mol. The van der Waals surface area contributed by atoms with Crippen LogP contribution in [0.1, 0.15) is 47.0 Å². The molecule has 0 spiro atoms. The fourth-order valence-electron chi connectivity index (χ4n) is 1.57. The van der Waals surface area contributed by atoms with Gasteiger partial charge in [0.15, 0.2) is 0 Å². The lowest BCUT2D eigenvalue weighted by Crippen LogP contribution is -2.32. The Hall–Kier alpha value is -1.05. The summed E-state index contributed by atoms with van der Waals surface area (Å²) in [6, 6.07) is 0. The summed E-state index contributed by atoms with van der Waals surface area (Å²) in [4.78, 5) is 13.3. The molecular formula is C15H27NO. The number of carbonyl (C=O) groups is 1. The van der Waals surface area contributed by atoms with E-state index in [0.29, 0.717) is 5.92 Å². The van der Waals surface area contributed by atoms with Gasteiger partial charge in [-0.15, -0.1) is 0 Å². The average Bonchev–Trinajstić information content (AvgIpc) is 2.25. The normalized spacial score (nSPS) is 11.8. The molecule has 0 saturated heterocycles. The molecule has 17 heavy (non-hydrogen) atoms. The van der Waals surface area contributed by atoms with E-state index in [-0.39, 0.29) is 5.91 Å². The summed E-state index contributed by atoms with van der Waals surface area (Å²) in [6.45, 7) is 9.63. The fourth-order valence-corrected chi connectivity index (χ4v) is 1.57. The van der Waals surface area contributed by atoms with Crippen molar-refractivity contribution in [1.82, 2.24) is 4.90 Å². The first-order chi connectivity index (χ1) is 8.07. The SMILES string of the molecule is CCC=CCCC=CCN(CC(C)C)C(C)=O. The van der Waals surface area contributed by atoms with Crippen molar-refractivity contribution in [2.75, 3.05) is 13.1 Å². The van der Waals surface area contributed by atoms with Crippen molar-refractivity contribution in [3.8, 4) is 0 Å². The summed E-state index contributed by atoms with van der Waals surface area (Å²) in [5, 5.41) is 0. The molecule has 0 aromatic rings. The molecule has 0 aromatic carbocycles. The van der Waals surface area contributed by atoms with Crippen molar-refractivity contribution in [2.45, 2.75) is 47.0 Å². The maximum Gasteiger partial charge on any atom is 0.219 e. The lowest BCUT2D eigenvalue weighted by Gasteiger charge is -2.21. The third-order valence-corrected chi connectivity index (χ3v) is 2.43. The van der Waals surface area contributed by atoms with Gasteiger partial charge < -0.3 is 4.90 Å². The van der Waals surface area contributed by atoms with Crippen LogP contribution in [0, 0.1) is 5.92 Å². The summed E-state index contributed by atoms with van der Waals surface area (Å²) in [5.74, 6) is 0.689. The molecule has 0 heterocycles. The molecule has 2 nitrogen and oxygen atoms in total. The minimum atomic E-state index is 0.161. The van der Waals surface area contributed by atoms with Crippen LogP contribution in [0.15, 0.2) is 24.3 Å². The monoisotopic (exact) mass is 237 g/mol. The van der Waals surface area contributed by atoms with Crippen LogP contribution in [0.4, 0.5) is 0 Å². The molecule has 0 radical (unpaired) electrons. The Morgan fingerprint density at radius 2 is 1.71 bits per heavy atom. The van der Waals surface area contributed by atoms with Gasteiger partial charge in [0.25, 0.3) is 0 Å². The Kier molecular flexibility index (Phi) is 9.50. The van der Waals surface area contributed by atoms with Gasteiger partial charge in [0.1, 0.15) is 0 Å². The summed E-state index contributed by atoms with van der Waals surface area (Å²) in [6.07, 6.45) is 11.9. The molecule has 0 aliphatic rings. The molecule has 0 aromatic heterocycles. The summed E-state index contributed by atoms with van der Waals surface area (Å²) >= 11 is 0. The molecule has 0 bridgehead atoms. The van der Waals surface area contributed by atoms with Crippen LogP contribution in [-0.2, 0) is 4.79 Å². The van der Waals surface area contributed by atoms with Gasteiger partial charge in [0, 0.05) is 20.0 Å². The van der Waals surface area contributed by atoms with E-state index in [4.69, 9.17) is 0 Å². The molecule has 0 aliphatic carbocycles. The second-order valence-corrected chi connectivity index (χ2v) is 4.75. The number of unbranched alkanes of at least 4 members (excludes halogenated alkanes) is 1. The number of rotatable bonds is 8. The van der Waals surface area contributed by atoms with Gasteiger partial charge in [-0.3, -0.25) is 4.79 Å². The molecule has 0 rings (SSSR count). The third-order valence-electron chi connectivity index (χ3n) is 2.43. The van der Waals surface area contributed by atoms with Crippen LogP contribution in [0.5, 0.6) is 0 Å². The fraction of sp³-hybridized carbons (Fsp3) is 0.667. The zero-order chi connectivity index (χ0) is 13.1. The van der Waals surface area contributed by atoms with E-state index in [2.05, 4.69) is 45.1 Å². The highest BCUT2D eigenvalue weighted by Gasteiger charge is 2.07. The van der Waals surface area contributed by atoms with Gasteiger partial charge in [-0.25, -0.2) is 0 Å². The highest BCUT2D eigenvalue weighted by molar-refractivity contribution is 5.73. The molecule has 0 atom stereocenters. The smallest absolute Gasteiger partial charge is 0.219 e. The molecule has 0 saturated carbocycles. The van der Waals surface area contributed by atoms with E-state index in [9.17, 15) is 4.79 Å². The Bertz CT molecular complexity index is 254. The first kappa shape index (κ1) is 16.0. The van der Waals surface area contributed by atoms with Crippen molar-refractivity contribution in [3.63, 3.8) is 0 Å². The van der Waals surface area contributed by atoms with Crippen molar-refractivity contribution < 1.29 is 4.79 Å². The molecule has 1 amide bonds. The summed E-state index contributed by atoms with van der Waals surface area (Å²) < 4.78 is 0. The molecular weight excluding hydrogens is 210 g/mol. The molecule has 0 aliphatic heterocycles. The second kappa shape index (κ2) is 10.1. The predicted octanol–water partition coefficient (Wildman–Crippen LogP) is 3.79. The second-order valence-electron chi connectivity index (χ2n) is 4.75. The summed E-state index contributed by atoms with van der Waals surface area (Å²) in [7, 11) is 0. The Balaban J connectivity index is 3.84. The third kappa shape index (κ3) is 9.86. The maximum absolute atomic E-state index is 11.4. The Labute approximate surface area is 106 Å². The van der Waals surface area contributed by atoms with Gasteiger partial charge in [-0.1, -0.05) is 45.1 Å². The van der Waals surface area contributed by atoms with E-state index in [0.717, 1.165) is 32.4 Å². The van der Waals surface area contributed by atoms with E-state index >= 15 is 0 Å². The number of amides is 1. The van der Waals surface area contributed by atoms with Crippen LogP contribution in [0.2, 0.25) is 0 Å². The van der Waals surface area contributed by atoms with Crippen LogP contribution < -0.4 is 0 Å². The van der Waals surface area contributed by atoms with Crippen molar-refractivity contribution in [3.05, 3.63) is 24.3 Å². The van der Waals surface area contributed by atoms with Crippen LogP contribution in [0.3, 0.4) is 0 Å². The summed E-state index contributed by atoms with van der Waals surface area (Å²) in [5.41, 5.74) is 0. The van der Waals surface area contributed by atoms with Gasteiger partial charge in [0.05, 0.1) is 0 Å². The van der Waals surface area contributed by atoms with E-state index < -0.39 is 0 Å². The largest absolute Gasteiger partial charge is 0.339 e. The highest BCUT2D eigenvalue weighted by atomic mass is 16.2. The van der Waals surface area contributed by atoms with E-state index in [1.807, 2.05) is 4.90 Å². The highest BCUT2D eigenvalue weighted by Crippen LogP contribution is 2.00. The van der Waals surface area contributed by atoms with Crippen molar-refractivity contribution >= 4 is 5.91 Å². The minimum Gasteiger partial charge on any atom is -0.339 e. The van der Waals surface area contributed by atoms with Gasteiger partial charge in [0.2, 0.25) is 5.91 Å². The average molecular weight is 237 g/mol. The first-order valence-electron chi connectivity index (χ1n) is 6.63. The number of hydrogen-bond donors (Lipinski definition) is 0. The van der Waals surface area contributed by atoms with E-state index in [1.54, 1.807) is 6.92 Å². The van der Waals surface area contributed by atoms with Crippen LogP contribution in [0.25, 0.3) is 0 Å². The Morgan fingerprint density at radius 1 is 1.12 bits per heavy atom. The maximum atomic E-state index is 11.4. The quantitative estimate of drug-likeness (QED) is 0.464. The molecule has 0 unspecified atom stereocenters. The first-order valence-corrected chi connectivity index (χ1v) is 6.63. The lowest BCUT2D eigenvalue weighted by molar-refractivity contribution is -0.128. The number of hydrogen-bond acceptors (Lipinski definition) is 1. The van der Waals surface area contributed by atoms with Crippen molar-refractivity contribution in [2.24, 2.45) is 5.92 Å². The Morgan fingerprint density at radius 3 is 2.18 bits per heavy atom. The molecule has 0 fully saturated rings. The van der Waals surface area contributed by atoms with E-state index in [1.165, 1.54) is 0 Å². The number of carbonyl (C=O) groups excluding carboxylic acids is 1. The van der Waals surface area contributed by atoms with Crippen LogP contribution in [-0.4, -0.2) is 23.9 Å². The van der Waals surface area contributed by atoms with Crippen molar-refractivity contribution in [1.29, 1.82) is 0 Å².